The zero-order valence-corrected chi connectivity index (χ0v) is 23.1. The highest BCUT2D eigenvalue weighted by atomic mass is 32.2. The fraction of sp³-hybridized carbons (Fsp3) is 0.387. The quantitative estimate of drug-likeness (QED) is 0.365. The summed E-state index contributed by atoms with van der Waals surface area (Å²) in [6.07, 6.45) is 2.43. The van der Waals surface area contributed by atoms with E-state index in [2.05, 4.69) is 34.5 Å². The van der Waals surface area contributed by atoms with Crippen molar-refractivity contribution < 1.29 is 17.9 Å². The molecule has 2 N–H and O–H groups in total. The van der Waals surface area contributed by atoms with Gasteiger partial charge >= 0.3 is 0 Å². The summed E-state index contributed by atoms with van der Waals surface area (Å²) in [5, 5.41) is 3.38. The Bertz CT molecular complexity index is 1280. The molecule has 0 aromatic heterocycles. The number of halogens is 1. The van der Waals surface area contributed by atoms with E-state index in [1.807, 2.05) is 43.4 Å². The van der Waals surface area contributed by atoms with Crippen molar-refractivity contribution in [3.05, 3.63) is 107 Å². The number of hydrogen-bond acceptors (Lipinski definition) is 4. The Balaban J connectivity index is 1.29. The van der Waals surface area contributed by atoms with Crippen LogP contribution in [0.1, 0.15) is 36.0 Å². The molecule has 1 amide bonds. The lowest BCUT2D eigenvalue weighted by Gasteiger charge is -2.43. The summed E-state index contributed by atoms with van der Waals surface area (Å²) in [7, 11) is 1.83. The minimum Gasteiger partial charge on any atom is -0.341 e. The van der Waals surface area contributed by atoms with Gasteiger partial charge in [-0.2, -0.15) is 0 Å². The van der Waals surface area contributed by atoms with Crippen molar-refractivity contribution in [3.8, 4) is 0 Å². The summed E-state index contributed by atoms with van der Waals surface area (Å²) in [5.41, 5.74) is 2.18. The summed E-state index contributed by atoms with van der Waals surface area (Å²) in [6.45, 7) is 2.92. The fourth-order valence-electron chi connectivity index (χ4n) is 6.25. The smallest absolute Gasteiger partial charge is 0.233 e. The second-order valence-corrected chi connectivity index (χ2v) is 11.8. The van der Waals surface area contributed by atoms with Crippen molar-refractivity contribution in [3.63, 3.8) is 0 Å². The predicted molar refractivity (Wildman–Crippen MR) is 152 cm³/mol. The highest BCUT2D eigenvalue weighted by Gasteiger charge is 2.62. The van der Waals surface area contributed by atoms with E-state index in [-0.39, 0.29) is 29.1 Å². The van der Waals surface area contributed by atoms with Crippen molar-refractivity contribution in [1.29, 1.82) is 0 Å². The number of rotatable bonds is 10. The average molecular weight is 550 g/mol. The molecule has 2 fully saturated rings. The number of piperidine rings is 1. The number of hydrogen-bond donors (Lipinski definition) is 2. The van der Waals surface area contributed by atoms with Gasteiger partial charge in [0.25, 0.3) is 0 Å². The Morgan fingerprint density at radius 2 is 1.59 bits per heavy atom. The molecule has 1 aliphatic heterocycles. The Morgan fingerprint density at radius 1 is 1.00 bits per heavy atom. The fourth-order valence-corrected chi connectivity index (χ4v) is 6.65. The molecular weight excluding hydrogens is 513 g/mol. The van der Waals surface area contributed by atoms with Crippen LogP contribution in [0.15, 0.2) is 84.9 Å². The molecule has 3 unspecified atom stereocenters. The third-order valence-electron chi connectivity index (χ3n) is 8.50. The van der Waals surface area contributed by atoms with Gasteiger partial charge in [0.15, 0.2) is 11.1 Å². The van der Waals surface area contributed by atoms with E-state index >= 15 is 0 Å². The van der Waals surface area contributed by atoms with E-state index in [9.17, 15) is 17.9 Å². The van der Waals surface area contributed by atoms with Crippen LogP contribution in [0.3, 0.4) is 0 Å². The summed E-state index contributed by atoms with van der Waals surface area (Å²) in [6, 6.07) is 26.5. The molecule has 3 aromatic carbocycles. The van der Waals surface area contributed by atoms with Gasteiger partial charge in [-0.05, 0) is 54.0 Å². The standard InChI is InChI=1S/C31H36FN3O3S/c1-34(21-24-12-14-28(32)15-13-24)29(36)31(26-10-6-3-7-11-26)20-27(31)22-35-18-16-30(17-19-35,33-23-39(37)38)25-8-4-2-5-9-25/h2-15,27,33H,16-23H2,1H3,(H,37,38). The molecule has 8 heteroatoms. The van der Waals surface area contributed by atoms with Crippen molar-refractivity contribution in [2.45, 2.75) is 36.8 Å². The Labute approximate surface area is 232 Å². The number of nitrogens with zero attached hydrogens (tertiary/aromatic N) is 2. The number of carbonyl (C=O) groups is 1. The lowest BCUT2D eigenvalue weighted by Crippen LogP contribution is -2.52. The highest BCUT2D eigenvalue weighted by Crippen LogP contribution is 2.56. The van der Waals surface area contributed by atoms with Crippen LogP contribution in [0.2, 0.25) is 0 Å². The molecule has 3 atom stereocenters. The van der Waals surface area contributed by atoms with Crippen LogP contribution >= 0.6 is 0 Å². The number of likely N-dealkylation sites (N-methyl/N-ethyl adjacent to an activating group) is 1. The van der Waals surface area contributed by atoms with Crippen molar-refractivity contribution >= 4 is 17.0 Å². The first-order chi connectivity index (χ1) is 18.8. The molecule has 5 rings (SSSR count). The summed E-state index contributed by atoms with van der Waals surface area (Å²) < 4.78 is 34.3. The minimum atomic E-state index is -1.92. The largest absolute Gasteiger partial charge is 0.341 e. The van der Waals surface area contributed by atoms with Gasteiger partial charge in [0.05, 0.1) is 11.3 Å². The molecule has 0 radical (unpaired) electrons. The molecule has 1 heterocycles. The summed E-state index contributed by atoms with van der Waals surface area (Å²) >= 11 is -1.92. The van der Waals surface area contributed by atoms with Gasteiger partial charge in [-0.25, -0.2) is 8.60 Å². The zero-order valence-electron chi connectivity index (χ0n) is 22.3. The van der Waals surface area contributed by atoms with E-state index in [0.29, 0.717) is 6.54 Å². The topological polar surface area (TPSA) is 72.9 Å². The molecule has 1 aliphatic carbocycles. The van der Waals surface area contributed by atoms with Crippen LogP contribution in [0.4, 0.5) is 4.39 Å². The Hall–Kier alpha value is -2.91. The summed E-state index contributed by atoms with van der Waals surface area (Å²) in [4.78, 5) is 18.2. The van der Waals surface area contributed by atoms with E-state index in [0.717, 1.165) is 55.6 Å². The Kier molecular flexibility index (Phi) is 8.28. The van der Waals surface area contributed by atoms with E-state index in [1.165, 1.54) is 12.1 Å². The van der Waals surface area contributed by atoms with Gasteiger partial charge in [-0.3, -0.25) is 10.1 Å². The first kappa shape index (κ1) is 27.6. The number of likely N-dealkylation sites (tertiary alicyclic amines) is 1. The van der Waals surface area contributed by atoms with Crippen LogP contribution in [0, 0.1) is 11.7 Å². The molecule has 3 aromatic rings. The number of benzene rings is 3. The van der Waals surface area contributed by atoms with Gasteiger partial charge in [0.2, 0.25) is 5.91 Å². The molecule has 0 spiro atoms. The van der Waals surface area contributed by atoms with Gasteiger partial charge in [0, 0.05) is 38.8 Å². The normalized spacial score (nSPS) is 23.2. The van der Waals surface area contributed by atoms with Crippen molar-refractivity contribution in [2.24, 2.45) is 5.92 Å². The Morgan fingerprint density at radius 3 is 2.18 bits per heavy atom. The monoisotopic (exact) mass is 549 g/mol. The predicted octanol–water partition coefficient (Wildman–Crippen LogP) is 4.50. The van der Waals surface area contributed by atoms with Gasteiger partial charge in [-0.1, -0.05) is 72.8 Å². The molecule has 39 heavy (non-hydrogen) atoms. The van der Waals surface area contributed by atoms with Crippen LogP contribution in [-0.2, 0) is 33.4 Å². The molecule has 0 bridgehead atoms. The maximum atomic E-state index is 14.0. The zero-order chi connectivity index (χ0) is 27.5. The SMILES string of the molecule is CN(Cc1ccc(F)cc1)C(=O)C1(c2ccccc2)CC1CN1CCC(NCS(=O)O)(c2ccccc2)CC1. The van der Waals surface area contributed by atoms with Gasteiger partial charge in [0.1, 0.15) is 5.82 Å². The van der Waals surface area contributed by atoms with E-state index in [1.54, 1.807) is 17.0 Å². The van der Waals surface area contributed by atoms with E-state index in [4.69, 9.17) is 0 Å². The third-order valence-corrected chi connectivity index (χ3v) is 8.90. The molecule has 2 aliphatic rings. The number of nitrogens with one attached hydrogen (secondary N) is 1. The second-order valence-electron chi connectivity index (χ2n) is 10.9. The van der Waals surface area contributed by atoms with Gasteiger partial charge < -0.3 is 14.4 Å². The lowest BCUT2D eigenvalue weighted by molar-refractivity contribution is -0.133. The van der Waals surface area contributed by atoms with Gasteiger partial charge in [-0.15, -0.1) is 0 Å². The van der Waals surface area contributed by atoms with Crippen LogP contribution in [-0.4, -0.2) is 57.0 Å². The van der Waals surface area contributed by atoms with E-state index < -0.39 is 16.5 Å². The highest BCUT2D eigenvalue weighted by molar-refractivity contribution is 7.79. The first-order valence-electron chi connectivity index (χ1n) is 13.5. The maximum Gasteiger partial charge on any atom is 0.233 e. The maximum absolute atomic E-state index is 14.0. The molecular formula is C31H36FN3O3S. The first-order valence-corrected chi connectivity index (χ1v) is 14.8. The molecule has 1 saturated heterocycles. The summed E-state index contributed by atoms with van der Waals surface area (Å²) in [5.74, 6) is 0.0492. The lowest BCUT2D eigenvalue weighted by atomic mass is 9.81. The third kappa shape index (κ3) is 5.99. The number of carbonyl (C=O) groups excluding carboxylic acids is 1. The average Bonchev–Trinajstić information content (AvgIpc) is 3.69. The van der Waals surface area contributed by atoms with Crippen molar-refractivity contribution in [2.75, 3.05) is 32.6 Å². The molecule has 206 valence electrons. The minimum absolute atomic E-state index is 0.0313. The number of amides is 1. The van der Waals surface area contributed by atoms with Crippen LogP contribution in [0.25, 0.3) is 0 Å². The molecule has 1 saturated carbocycles. The van der Waals surface area contributed by atoms with Crippen molar-refractivity contribution in [1.82, 2.24) is 15.1 Å². The van der Waals surface area contributed by atoms with Crippen LogP contribution in [0.5, 0.6) is 0 Å². The second kappa shape index (κ2) is 11.7. The van der Waals surface area contributed by atoms with Crippen LogP contribution < -0.4 is 5.32 Å². The molecule has 6 nitrogen and oxygen atoms in total.